The van der Waals surface area contributed by atoms with Crippen molar-refractivity contribution in [3.63, 3.8) is 0 Å². The molecule has 1 aromatic carbocycles. The molecule has 0 spiro atoms. The van der Waals surface area contributed by atoms with Gasteiger partial charge in [0.2, 0.25) is 11.9 Å². The fourth-order valence-electron chi connectivity index (χ4n) is 4.21. The molecule has 0 radical (unpaired) electrons. The van der Waals surface area contributed by atoms with Crippen LogP contribution in [0.3, 0.4) is 0 Å². The summed E-state index contributed by atoms with van der Waals surface area (Å²) in [5.41, 5.74) is 0.375. The van der Waals surface area contributed by atoms with Gasteiger partial charge in [-0.25, -0.2) is 9.37 Å². The van der Waals surface area contributed by atoms with Gasteiger partial charge >= 0.3 is 0 Å². The molecule has 6 nitrogen and oxygen atoms in total. The third-order valence-electron chi connectivity index (χ3n) is 5.81. The molecule has 1 saturated carbocycles. The number of para-hydroxylation sites is 1. The Balaban J connectivity index is 1.40. The molecule has 1 saturated heterocycles. The van der Waals surface area contributed by atoms with Crippen LogP contribution in [-0.4, -0.2) is 35.0 Å². The van der Waals surface area contributed by atoms with Gasteiger partial charge in [-0.3, -0.25) is 4.79 Å². The predicted octanol–water partition coefficient (Wildman–Crippen LogP) is 4.02. The van der Waals surface area contributed by atoms with E-state index in [1.54, 1.807) is 30.5 Å². The lowest BCUT2D eigenvalue weighted by Gasteiger charge is -2.33. The average Bonchev–Trinajstić information content (AvgIpc) is 2.76. The number of rotatable bonds is 5. The minimum Gasteiger partial charge on any atom is -0.353 e. The van der Waals surface area contributed by atoms with Crippen molar-refractivity contribution in [2.45, 2.75) is 51.0 Å². The number of nitrogens with one attached hydrogen (secondary N) is 2. The third kappa shape index (κ3) is 5.02. The Labute approximate surface area is 170 Å². The van der Waals surface area contributed by atoms with Crippen molar-refractivity contribution in [2.75, 3.05) is 23.3 Å². The summed E-state index contributed by atoms with van der Waals surface area (Å²) in [6.45, 7) is 1.43. The van der Waals surface area contributed by atoms with Crippen LogP contribution in [0.1, 0.15) is 44.9 Å². The van der Waals surface area contributed by atoms with E-state index in [-0.39, 0.29) is 17.6 Å². The zero-order valence-electron chi connectivity index (χ0n) is 16.6. The van der Waals surface area contributed by atoms with E-state index in [0.717, 1.165) is 32.2 Å². The second kappa shape index (κ2) is 9.20. The maximum Gasteiger partial charge on any atom is 0.227 e. The van der Waals surface area contributed by atoms with Crippen molar-refractivity contribution in [2.24, 2.45) is 5.92 Å². The smallest absolute Gasteiger partial charge is 0.227 e. The van der Waals surface area contributed by atoms with Gasteiger partial charge in [0.1, 0.15) is 11.6 Å². The van der Waals surface area contributed by atoms with E-state index in [2.05, 4.69) is 25.5 Å². The molecule has 1 aromatic heterocycles. The van der Waals surface area contributed by atoms with Gasteiger partial charge in [0, 0.05) is 25.3 Å². The number of amides is 1. The topological polar surface area (TPSA) is 70.2 Å². The fraction of sp³-hybridized carbons (Fsp3) is 0.500. The molecule has 4 rings (SSSR count). The first kappa shape index (κ1) is 19.6. The molecule has 2 aromatic rings. The first-order valence-electron chi connectivity index (χ1n) is 10.6. The van der Waals surface area contributed by atoms with Gasteiger partial charge in [0.25, 0.3) is 0 Å². The molecule has 1 amide bonds. The lowest BCUT2D eigenvalue weighted by atomic mass is 9.93. The van der Waals surface area contributed by atoms with Crippen molar-refractivity contribution in [1.29, 1.82) is 0 Å². The number of aromatic nitrogens is 2. The summed E-state index contributed by atoms with van der Waals surface area (Å²) in [5.74, 6) is 0.889. The van der Waals surface area contributed by atoms with Crippen LogP contribution in [0.5, 0.6) is 0 Å². The van der Waals surface area contributed by atoms with Gasteiger partial charge in [-0.2, -0.15) is 4.98 Å². The van der Waals surface area contributed by atoms with Gasteiger partial charge in [-0.1, -0.05) is 31.4 Å². The zero-order chi connectivity index (χ0) is 20.1. The number of hydrogen-bond donors (Lipinski definition) is 2. The minimum atomic E-state index is -0.329. The van der Waals surface area contributed by atoms with E-state index >= 15 is 0 Å². The Kier molecular flexibility index (Phi) is 6.22. The van der Waals surface area contributed by atoms with E-state index in [1.807, 2.05) is 0 Å². The zero-order valence-corrected chi connectivity index (χ0v) is 16.6. The van der Waals surface area contributed by atoms with Gasteiger partial charge in [-0.15, -0.1) is 0 Å². The van der Waals surface area contributed by atoms with E-state index in [4.69, 9.17) is 0 Å². The molecule has 1 aliphatic carbocycles. The highest BCUT2D eigenvalue weighted by molar-refractivity contribution is 5.79. The molecule has 0 bridgehead atoms. The summed E-state index contributed by atoms with van der Waals surface area (Å²) >= 11 is 0. The van der Waals surface area contributed by atoms with Crippen molar-refractivity contribution >= 4 is 23.4 Å². The summed E-state index contributed by atoms with van der Waals surface area (Å²) < 4.78 is 13.9. The number of anilines is 3. The Morgan fingerprint density at radius 1 is 1.07 bits per heavy atom. The van der Waals surface area contributed by atoms with Gasteiger partial charge in [-0.05, 0) is 43.9 Å². The normalized spacial score (nSPS) is 20.3. The summed E-state index contributed by atoms with van der Waals surface area (Å²) in [6.07, 6.45) is 9.35. The monoisotopic (exact) mass is 397 g/mol. The molecule has 1 atom stereocenters. The number of carbonyl (C=O) groups is 1. The SMILES string of the molecule is O=C(NC1CCCCC1)C1CCCN(c2nccc(Nc3ccccc3F)n2)C1. The summed E-state index contributed by atoms with van der Waals surface area (Å²) in [7, 11) is 0. The number of nitrogens with zero attached hydrogens (tertiary/aromatic N) is 3. The van der Waals surface area contributed by atoms with Crippen LogP contribution in [0.25, 0.3) is 0 Å². The maximum atomic E-state index is 13.9. The highest BCUT2D eigenvalue weighted by atomic mass is 19.1. The molecular weight excluding hydrogens is 369 g/mol. The molecule has 2 heterocycles. The molecule has 29 heavy (non-hydrogen) atoms. The van der Waals surface area contributed by atoms with Gasteiger partial charge < -0.3 is 15.5 Å². The van der Waals surface area contributed by atoms with Crippen LogP contribution in [0.15, 0.2) is 36.5 Å². The summed E-state index contributed by atoms with van der Waals surface area (Å²) in [5, 5.41) is 6.26. The van der Waals surface area contributed by atoms with Crippen LogP contribution in [0.2, 0.25) is 0 Å². The quantitative estimate of drug-likeness (QED) is 0.797. The first-order chi connectivity index (χ1) is 14.2. The van der Waals surface area contributed by atoms with Crippen molar-refractivity contribution in [3.05, 3.63) is 42.3 Å². The van der Waals surface area contributed by atoms with Crippen LogP contribution < -0.4 is 15.5 Å². The van der Waals surface area contributed by atoms with E-state index in [1.165, 1.54) is 25.3 Å². The fourth-order valence-corrected chi connectivity index (χ4v) is 4.21. The van der Waals surface area contributed by atoms with E-state index in [9.17, 15) is 9.18 Å². The van der Waals surface area contributed by atoms with Crippen LogP contribution in [0, 0.1) is 11.7 Å². The molecule has 2 aliphatic rings. The molecular formula is C22H28FN5O. The lowest BCUT2D eigenvalue weighted by molar-refractivity contribution is -0.126. The highest BCUT2D eigenvalue weighted by Crippen LogP contribution is 2.24. The van der Waals surface area contributed by atoms with Gasteiger partial charge in [0.15, 0.2) is 0 Å². The molecule has 2 fully saturated rings. The Bertz CT molecular complexity index is 839. The van der Waals surface area contributed by atoms with Crippen LogP contribution in [-0.2, 0) is 4.79 Å². The second-order valence-corrected chi connectivity index (χ2v) is 7.98. The van der Waals surface area contributed by atoms with Gasteiger partial charge in [0.05, 0.1) is 11.6 Å². The number of benzene rings is 1. The molecule has 1 unspecified atom stereocenters. The van der Waals surface area contributed by atoms with E-state index < -0.39 is 0 Å². The number of hydrogen-bond acceptors (Lipinski definition) is 5. The lowest BCUT2D eigenvalue weighted by Crippen LogP contribution is -2.46. The first-order valence-corrected chi connectivity index (χ1v) is 10.6. The highest BCUT2D eigenvalue weighted by Gasteiger charge is 2.29. The van der Waals surface area contributed by atoms with Crippen LogP contribution >= 0.6 is 0 Å². The van der Waals surface area contributed by atoms with Crippen molar-refractivity contribution in [3.8, 4) is 0 Å². The number of carbonyl (C=O) groups excluding carboxylic acids is 1. The Morgan fingerprint density at radius 2 is 1.90 bits per heavy atom. The number of piperidine rings is 1. The Morgan fingerprint density at radius 3 is 2.72 bits per heavy atom. The number of halogens is 1. The molecule has 154 valence electrons. The van der Waals surface area contributed by atoms with Crippen molar-refractivity contribution < 1.29 is 9.18 Å². The maximum absolute atomic E-state index is 13.9. The largest absolute Gasteiger partial charge is 0.353 e. The van der Waals surface area contributed by atoms with Crippen LogP contribution in [0.4, 0.5) is 21.8 Å². The third-order valence-corrected chi connectivity index (χ3v) is 5.81. The average molecular weight is 397 g/mol. The minimum absolute atomic E-state index is 0.0440. The molecule has 2 N–H and O–H groups in total. The Hall–Kier alpha value is -2.70. The summed E-state index contributed by atoms with van der Waals surface area (Å²) in [6, 6.07) is 8.55. The standard InChI is InChI=1S/C22H28FN5O/c23-18-10-4-5-11-19(18)26-20-12-13-24-22(27-20)28-14-6-7-16(15-28)21(29)25-17-8-2-1-3-9-17/h4-5,10-13,16-17H,1-3,6-9,14-15H2,(H,25,29)(H,24,26,27). The molecule has 1 aliphatic heterocycles. The van der Waals surface area contributed by atoms with Crippen molar-refractivity contribution in [1.82, 2.24) is 15.3 Å². The van der Waals surface area contributed by atoms with E-state index in [0.29, 0.717) is 30.0 Å². The summed E-state index contributed by atoms with van der Waals surface area (Å²) in [4.78, 5) is 23.7. The second-order valence-electron chi connectivity index (χ2n) is 7.98. The molecule has 7 heteroatoms. The predicted molar refractivity (Wildman–Crippen MR) is 112 cm³/mol.